The molecule has 0 fully saturated rings. The molecule has 1 aromatic rings. The number of carbonyl (C=O) groups is 3. The fourth-order valence-corrected chi connectivity index (χ4v) is 1.73. The number of ketones is 1. The summed E-state index contributed by atoms with van der Waals surface area (Å²) in [5.74, 6) is -1.09. The van der Waals surface area contributed by atoms with Crippen LogP contribution in [0.25, 0.3) is 0 Å². The molecule has 0 radical (unpaired) electrons. The summed E-state index contributed by atoms with van der Waals surface area (Å²) in [5.41, 5.74) is 1.13. The Labute approximate surface area is 123 Å². The molecule has 1 aromatic carbocycles. The first-order chi connectivity index (χ1) is 10.1. The molecule has 21 heavy (non-hydrogen) atoms. The van der Waals surface area contributed by atoms with Crippen molar-refractivity contribution in [2.24, 2.45) is 0 Å². The summed E-state index contributed by atoms with van der Waals surface area (Å²) in [6.07, 6.45) is 1.15. The largest absolute Gasteiger partial charge is 0.481 e. The van der Waals surface area contributed by atoms with Crippen LogP contribution in [-0.2, 0) is 16.0 Å². The number of Topliss-reactive ketones (excluding diaryl/α,β-unsaturated/α-hetero) is 1. The van der Waals surface area contributed by atoms with Gasteiger partial charge < -0.3 is 15.7 Å². The summed E-state index contributed by atoms with van der Waals surface area (Å²) in [5, 5.41) is 13.6. The molecule has 0 unspecified atom stereocenters. The summed E-state index contributed by atoms with van der Waals surface area (Å²) in [6, 6.07) is 9.37. The van der Waals surface area contributed by atoms with Gasteiger partial charge >= 0.3 is 12.0 Å². The van der Waals surface area contributed by atoms with E-state index in [0.29, 0.717) is 13.0 Å². The molecule has 0 aliphatic carbocycles. The van der Waals surface area contributed by atoms with Gasteiger partial charge in [-0.15, -0.1) is 0 Å². The Hall–Kier alpha value is -2.37. The van der Waals surface area contributed by atoms with Crippen LogP contribution in [0, 0.1) is 0 Å². The van der Waals surface area contributed by atoms with E-state index in [2.05, 4.69) is 10.6 Å². The first-order valence-corrected chi connectivity index (χ1v) is 6.87. The van der Waals surface area contributed by atoms with Crippen molar-refractivity contribution in [3.63, 3.8) is 0 Å². The van der Waals surface area contributed by atoms with Crippen LogP contribution in [0.2, 0.25) is 0 Å². The molecule has 1 rings (SSSR count). The molecular formula is C15H20N2O4. The van der Waals surface area contributed by atoms with E-state index in [4.69, 9.17) is 5.11 Å². The van der Waals surface area contributed by atoms with Gasteiger partial charge in [0.2, 0.25) is 0 Å². The number of aliphatic carboxylic acids is 1. The highest BCUT2D eigenvalue weighted by molar-refractivity contribution is 5.85. The molecule has 0 aliphatic rings. The maximum atomic E-state index is 11.5. The normalized spacial score (nSPS) is 9.90. The zero-order valence-corrected chi connectivity index (χ0v) is 11.8. The van der Waals surface area contributed by atoms with Gasteiger partial charge in [-0.25, -0.2) is 4.79 Å². The molecule has 0 aromatic heterocycles. The Morgan fingerprint density at radius 1 is 1.00 bits per heavy atom. The lowest BCUT2D eigenvalue weighted by Gasteiger charge is -2.07. The van der Waals surface area contributed by atoms with Gasteiger partial charge in [-0.1, -0.05) is 30.3 Å². The molecule has 0 saturated carbocycles. The van der Waals surface area contributed by atoms with E-state index in [-0.39, 0.29) is 25.2 Å². The van der Waals surface area contributed by atoms with Gasteiger partial charge in [0.15, 0.2) is 5.78 Å². The van der Waals surface area contributed by atoms with E-state index in [1.807, 2.05) is 30.3 Å². The van der Waals surface area contributed by atoms with E-state index in [9.17, 15) is 14.4 Å². The van der Waals surface area contributed by atoms with Gasteiger partial charge in [-0.05, 0) is 18.4 Å². The van der Waals surface area contributed by atoms with Crippen molar-refractivity contribution in [1.82, 2.24) is 10.6 Å². The van der Waals surface area contributed by atoms with Gasteiger partial charge in [0.1, 0.15) is 0 Å². The number of rotatable bonds is 9. The summed E-state index contributed by atoms with van der Waals surface area (Å²) < 4.78 is 0. The lowest BCUT2D eigenvalue weighted by atomic mass is 10.1. The van der Waals surface area contributed by atoms with Gasteiger partial charge in [-0.2, -0.15) is 0 Å². The fourth-order valence-electron chi connectivity index (χ4n) is 1.73. The Morgan fingerprint density at radius 3 is 2.38 bits per heavy atom. The number of nitrogens with one attached hydrogen (secondary N) is 2. The number of urea groups is 1. The molecule has 2 amide bonds. The lowest BCUT2D eigenvalue weighted by molar-refractivity contribution is -0.137. The van der Waals surface area contributed by atoms with E-state index in [1.165, 1.54) is 0 Å². The van der Waals surface area contributed by atoms with Crippen LogP contribution in [0.5, 0.6) is 0 Å². The number of carboxylic acid groups (broad SMARTS) is 1. The molecule has 0 heterocycles. The zero-order valence-electron chi connectivity index (χ0n) is 11.8. The molecule has 6 nitrogen and oxygen atoms in total. The number of carboxylic acids is 1. The van der Waals surface area contributed by atoms with Crippen LogP contribution in [-0.4, -0.2) is 36.0 Å². The standard InChI is InChI=1S/C15H20N2O4/c18-13(7-4-8-14(19)20)11-17-15(21)16-10-9-12-5-2-1-3-6-12/h1-3,5-6H,4,7-11H2,(H,19,20)(H2,16,17,21). The predicted octanol–water partition coefficient (Wildman–Crippen LogP) is 1.35. The van der Waals surface area contributed by atoms with E-state index < -0.39 is 12.0 Å². The second-order valence-corrected chi connectivity index (χ2v) is 4.63. The maximum absolute atomic E-state index is 11.5. The summed E-state index contributed by atoms with van der Waals surface area (Å²) in [6.45, 7) is 0.417. The first kappa shape index (κ1) is 16.7. The number of carbonyl (C=O) groups excluding carboxylic acids is 2. The monoisotopic (exact) mass is 292 g/mol. The van der Waals surface area contributed by atoms with Crippen LogP contribution >= 0.6 is 0 Å². The van der Waals surface area contributed by atoms with Crippen molar-refractivity contribution >= 4 is 17.8 Å². The van der Waals surface area contributed by atoms with Crippen LogP contribution < -0.4 is 10.6 Å². The highest BCUT2D eigenvalue weighted by atomic mass is 16.4. The van der Waals surface area contributed by atoms with Crippen LogP contribution in [0.3, 0.4) is 0 Å². The van der Waals surface area contributed by atoms with Gasteiger partial charge in [0, 0.05) is 19.4 Å². The Kier molecular flexibility index (Phi) is 7.56. The Bertz CT molecular complexity index is 474. The minimum absolute atomic E-state index is 0.0327. The third kappa shape index (κ3) is 8.41. The molecule has 0 aliphatic heterocycles. The molecule has 6 heteroatoms. The quantitative estimate of drug-likeness (QED) is 0.640. The van der Waals surface area contributed by atoms with Crippen LogP contribution in [0.15, 0.2) is 30.3 Å². The van der Waals surface area contributed by atoms with Gasteiger partial charge in [0.05, 0.1) is 6.54 Å². The van der Waals surface area contributed by atoms with Crippen LogP contribution in [0.4, 0.5) is 4.79 Å². The first-order valence-electron chi connectivity index (χ1n) is 6.87. The third-order valence-corrected chi connectivity index (χ3v) is 2.83. The predicted molar refractivity (Wildman–Crippen MR) is 78.0 cm³/mol. The lowest BCUT2D eigenvalue weighted by Crippen LogP contribution is -2.39. The highest BCUT2D eigenvalue weighted by Gasteiger charge is 2.06. The second kappa shape index (κ2) is 9.52. The Morgan fingerprint density at radius 2 is 1.71 bits per heavy atom. The minimum atomic E-state index is -0.922. The fraction of sp³-hybridized carbons (Fsp3) is 0.400. The summed E-state index contributed by atoms with van der Waals surface area (Å²) in [4.78, 5) is 33.1. The summed E-state index contributed by atoms with van der Waals surface area (Å²) >= 11 is 0. The van der Waals surface area contributed by atoms with Crippen molar-refractivity contribution in [2.45, 2.75) is 25.7 Å². The van der Waals surface area contributed by atoms with Crippen LogP contribution in [0.1, 0.15) is 24.8 Å². The highest BCUT2D eigenvalue weighted by Crippen LogP contribution is 1.98. The summed E-state index contributed by atoms with van der Waals surface area (Å²) in [7, 11) is 0. The smallest absolute Gasteiger partial charge is 0.315 e. The molecule has 0 saturated heterocycles. The third-order valence-electron chi connectivity index (χ3n) is 2.83. The van der Waals surface area contributed by atoms with Crippen molar-refractivity contribution in [3.05, 3.63) is 35.9 Å². The van der Waals surface area contributed by atoms with Crippen molar-refractivity contribution in [1.29, 1.82) is 0 Å². The maximum Gasteiger partial charge on any atom is 0.315 e. The molecule has 114 valence electrons. The number of hydrogen-bond acceptors (Lipinski definition) is 3. The molecule has 3 N–H and O–H groups in total. The van der Waals surface area contributed by atoms with E-state index >= 15 is 0 Å². The van der Waals surface area contributed by atoms with Gasteiger partial charge in [-0.3, -0.25) is 9.59 Å². The molecule has 0 spiro atoms. The molecular weight excluding hydrogens is 272 g/mol. The van der Waals surface area contributed by atoms with Crippen molar-refractivity contribution in [2.75, 3.05) is 13.1 Å². The zero-order chi connectivity index (χ0) is 15.5. The van der Waals surface area contributed by atoms with E-state index in [0.717, 1.165) is 12.0 Å². The second-order valence-electron chi connectivity index (χ2n) is 4.63. The number of amides is 2. The van der Waals surface area contributed by atoms with Crippen molar-refractivity contribution in [3.8, 4) is 0 Å². The number of hydrogen-bond donors (Lipinski definition) is 3. The average Bonchev–Trinajstić information content (AvgIpc) is 2.46. The number of benzene rings is 1. The van der Waals surface area contributed by atoms with Gasteiger partial charge in [0.25, 0.3) is 0 Å². The molecule has 0 bridgehead atoms. The topological polar surface area (TPSA) is 95.5 Å². The average molecular weight is 292 g/mol. The van der Waals surface area contributed by atoms with E-state index in [1.54, 1.807) is 0 Å². The van der Waals surface area contributed by atoms with Crippen molar-refractivity contribution < 1.29 is 19.5 Å². The minimum Gasteiger partial charge on any atom is -0.481 e. The Balaban J connectivity index is 2.08. The molecule has 0 atom stereocenters. The SMILES string of the molecule is O=C(O)CCCC(=O)CNC(=O)NCCc1ccccc1.